The first kappa shape index (κ1) is 14.6. The van der Waals surface area contributed by atoms with E-state index in [0.717, 1.165) is 35.5 Å². The molecule has 1 aromatic heterocycles. The van der Waals surface area contributed by atoms with E-state index in [-0.39, 0.29) is 0 Å². The maximum absolute atomic E-state index is 6.07. The Labute approximate surface area is 121 Å². The third kappa shape index (κ3) is 2.87. The largest absolute Gasteiger partial charge is 0.398 e. The van der Waals surface area contributed by atoms with Gasteiger partial charge in [-0.3, -0.25) is 4.98 Å². The van der Waals surface area contributed by atoms with Crippen molar-refractivity contribution in [3.05, 3.63) is 30.6 Å². The van der Waals surface area contributed by atoms with Crippen LogP contribution in [0.4, 0.5) is 11.4 Å². The van der Waals surface area contributed by atoms with Gasteiger partial charge in [-0.15, -0.1) is 0 Å². The lowest BCUT2D eigenvalue weighted by Gasteiger charge is -2.28. The Morgan fingerprint density at radius 1 is 1.10 bits per heavy atom. The van der Waals surface area contributed by atoms with Crippen LogP contribution in [0, 0.1) is 5.92 Å². The quantitative estimate of drug-likeness (QED) is 0.805. The Balaban J connectivity index is 2.42. The molecule has 2 N–H and O–H groups in total. The van der Waals surface area contributed by atoms with Gasteiger partial charge in [0.15, 0.2) is 0 Å². The number of nitrogen functional groups attached to an aromatic ring is 1. The summed E-state index contributed by atoms with van der Waals surface area (Å²) in [6.07, 6.45) is 6.17. The molecule has 3 heteroatoms. The summed E-state index contributed by atoms with van der Waals surface area (Å²) >= 11 is 0. The van der Waals surface area contributed by atoms with Crippen LogP contribution in [-0.2, 0) is 0 Å². The number of hydrogen-bond acceptors (Lipinski definition) is 3. The van der Waals surface area contributed by atoms with E-state index in [1.807, 2.05) is 18.3 Å². The Hall–Kier alpha value is -1.77. The summed E-state index contributed by atoms with van der Waals surface area (Å²) in [7, 11) is 0. The number of nitrogens with two attached hydrogens (primary N) is 1. The zero-order valence-corrected chi connectivity index (χ0v) is 12.8. The van der Waals surface area contributed by atoms with E-state index in [2.05, 4.69) is 36.7 Å². The van der Waals surface area contributed by atoms with Gasteiger partial charge in [0.05, 0.1) is 0 Å². The summed E-state index contributed by atoms with van der Waals surface area (Å²) in [5.74, 6) is 0.735. The molecule has 3 nitrogen and oxygen atoms in total. The first-order valence-electron chi connectivity index (χ1n) is 7.58. The molecule has 0 bridgehead atoms. The summed E-state index contributed by atoms with van der Waals surface area (Å²) in [5.41, 5.74) is 8.14. The molecule has 0 fully saturated rings. The second-order valence-electron chi connectivity index (χ2n) is 5.32. The molecule has 0 atom stereocenters. The molecule has 0 amide bonds. The molecule has 2 aromatic rings. The fraction of sp³-hybridized carbons (Fsp3) is 0.471. The third-order valence-electron chi connectivity index (χ3n) is 4.18. The highest BCUT2D eigenvalue weighted by molar-refractivity contribution is 6.00. The van der Waals surface area contributed by atoms with E-state index < -0.39 is 0 Å². The monoisotopic (exact) mass is 271 g/mol. The minimum absolute atomic E-state index is 0.735. The Morgan fingerprint density at radius 3 is 2.50 bits per heavy atom. The topological polar surface area (TPSA) is 42.1 Å². The van der Waals surface area contributed by atoms with Crippen molar-refractivity contribution in [2.45, 2.75) is 33.6 Å². The smallest absolute Gasteiger partial charge is 0.0463 e. The van der Waals surface area contributed by atoms with Crippen molar-refractivity contribution >= 4 is 22.1 Å². The average Bonchev–Trinajstić information content (AvgIpc) is 2.50. The van der Waals surface area contributed by atoms with E-state index in [1.165, 1.54) is 18.5 Å². The first-order valence-corrected chi connectivity index (χ1v) is 7.58. The molecule has 108 valence electrons. The molecule has 0 unspecified atom stereocenters. The second kappa shape index (κ2) is 6.60. The highest BCUT2D eigenvalue weighted by Gasteiger charge is 2.14. The lowest BCUT2D eigenvalue weighted by atomic mass is 10.0. The molecule has 1 heterocycles. The van der Waals surface area contributed by atoms with Crippen LogP contribution in [0.1, 0.15) is 33.6 Å². The lowest BCUT2D eigenvalue weighted by molar-refractivity contribution is 0.486. The van der Waals surface area contributed by atoms with Crippen LogP contribution >= 0.6 is 0 Å². The van der Waals surface area contributed by atoms with E-state index in [4.69, 9.17) is 5.73 Å². The van der Waals surface area contributed by atoms with Crippen LogP contribution < -0.4 is 10.6 Å². The molecule has 0 aliphatic rings. The standard InChI is InChI=1S/C17H25N3/c1-4-13(5-2)12-20(6-3)17-8-7-16(18)14-9-10-19-11-15(14)17/h7-11,13H,4-6,12,18H2,1-3H3. The van der Waals surface area contributed by atoms with E-state index in [9.17, 15) is 0 Å². The highest BCUT2D eigenvalue weighted by atomic mass is 15.1. The van der Waals surface area contributed by atoms with Crippen LogP contribution in [0.15, 0.2) is 30.6 Å². The van der Waals surface area contributed by atoms with Crippen molar-refractivity contribution in [1.29, 1.82) is 0 Å². The number of fused-ring (bicyclic) bond motifs is 1. The van der Waals surface area contributed by atoms with Gasteiger partial charge in [0.1, 0.15) is 0 Å². The number of aromatic nitrogens is 1. The van der Waals surface area contributed by atoms with Crippen molar-refractivity contribution < 1.29 is 0 Å². The zero-order valence-electron chi connectivity index (χ0n) is 12.8. The first-order chi connectivity index (χ1) is 9.71. The molecule has 20 heavy (non-hydrogen) atoms. The minimum atomic E-state index is 0.735. The van der Waals surface area contributed by atoms with Crippen molar-refractivity contribution in [1.82, 2.24) is 4.98 Å². The summed E-state index contributed by atoms with van der Waals surface area (Å²) in [6.45, 7) is 8.85. The van der Waals surface area contributed by atoms with Gasteiger partial charge in [-0.2, -0.15) is 0 Å². The zero-order chi connectivity index (χ0) is 14.5. The van der Waals surface area contributed by atoms with E-state index in [0.29, 0.717) is 0 Å². The molecule has 0 saturated carbocycles. The Bertz CT molecular complexity index is 561. The van der Waals surface area contributed by atoms with Gasteiger partial charge in [-0.1, -0.05) is 26.7 Å². The molecular formula is C17H25N3. The van der Waals surface area contributed by atoms with Gasteiger partial charge in [0, 0.05) is 47.6 Å². The van der Waals surface area contributed by atoms with Crippen molar-refractivity contribution in [3.8, 4) is 0 Å². The highest BCUT2D eigenvalue weighted by Crippen LogP contribution is 2.31. The van der Waals surface area contributed by atoms with Crippen molar-refractivity contribution in [2.24, 2.45) is 5.92 Å². The number of nitrogens with zero attached hydrogens (tertiary/aromatic N) is 2. The SMILES string of the molecule is CCC(CC)CN(CC)c1ccc(N)c2ccncc12. The summed E-state index contributed by atoms with van der Waals surface area (Å²) in [4.78, 5) is 6.71. The Kier molecular flexibility index (Phi) is 4.83. The number of benzene rings is 1. The molecular weight excluding hydrogens is 246 g/mol. The maximum Gasteiger partial charge on any atom is 0.0463 e. The minimum Gasteiger partial charge on any atom is -0.398 e. The normalized spacial score (nSPS) is 11.2. The molecule has 0 aliphatic carbocycles. The van der Waals surface area contributed by atoms with Gasteiger partial charge in [-0.05, 0) is 31.0 Å². The summed E-state index contributed by atoms with van der Waals surface area (Å²) < 4.78 is 0. The third-order valence-corrected chi connectivity index (χ3v) is 4.18. The van der Waals surface area contributed by atoms with Crippen LogP contribution in [-0.4, -0.2) is 18.1 Å². The van der Waals surface area contributed by atoms with Gasteiger partial charge in [0.2, 0.25) is 0 Å². The molecule has 2 rings (SSSR count). The van der Waals surface area contributed by atoms with Gasteiger partial charge in [-0.25, -0.2) is 0 Å². The number of anilines is 2. The van der Waals surface area contributed by atoms with Crippen LogP contribution in [0.25, 0.3) is 10.8 Å². The maximum atomic E-state index is 6.07. The molecule has 0 spiro atoms. The Morgan fingerprint density at radius 2 is 1.85 bits per heavy atom. The number of pyridine rings is 1. The summed E-state index contributed by atoms with van der Waals surface area (Å²) in [6, 6.07) is 6.14. The van der Waals surface area contributed by atoms with Gasteiger partial charge in [0.25, 0.3) is 0 Å². The average molecular weight is 271 g/mol. The number of rotatable bonds is 6. The summed E-state index contributed by atoms with van der Waals surface area (Å²) in [5, 5.41) is 2.25. The molecule has 0 aliphatic heterocycles. The van der Waals surface area contributed by atoms with Crippen LogP contribution in [0.3, 0.4) is 0 Å². The number of hydrogen-bond donors (Lipinski definition) is 1. The van der Waals surface area contributed by atoms with Gasteiger partial charge < -0.3 is 10.6 Å². The van der Waals surface area contributed by atoms with E-state index in [1.54, 1.807) is 6.20 Å². The second-order valence-corrected chi connectivity index (χ2v) is 5.32. The van der Waals surface area contributed by atoms with Crippen LogP contribution in [0.5, 0.6) is 0 Å². The van der Waals surface area contributed by atoms with Gasteiger partial charge >= 0.3 is 0 Å². The predicted molar refractivity (Wildman–Crippen MR) is 88.1 cm³/mol. The molecule has 0 radical (unpaired) electrons. The predicted octanol–water partition coefficient (Wildman–Crippen LogP) is 4.08. The molecule has 0 saturated heterocycles. The fourth-order valence-electron chi connectivity index (χ4n) is 2.73. The van der Waals surface area contributed by atoms with Crippen LogP contribution in [0.2, 0.25) is 0 Å². The lowest BCUT2D eigenvalue weighted by Crippen LogP contribution is -2.29. The van der Waals surface area contributed by atoms with E-state index >= 15 is 0 Å². The van der Waals surface area contributed by atoms with Crippen molar-refractivity contribution in [2.75, 3.05) is 23.7 Å². The molecule has 1 aromatic carbocycles. The van der Waals surface area contributed by atoms with Crippen molar-refractivity contribution in [3.63, 3.8) is 0 Å². The fourth-order valence-corrected chi connectivity index (χ4v) is 2.73.